The van der Waals surface area contributed by atoms with Gasteiger partial charge in [0.25, 0.3) is 0 Å². The topological polar surface area (TPSA) is 70.6 Å². The van der Waals surface area contributed by atoms with Crippen LogP contribution in [0.25, 0.3) is 0 Å². The van der Waals surface area contributed by atoms with Gasteiger partial charge in [-0.05, 0) is 44.5 Å². The van der Waals surface area contributed by atoms with Gasteiger partial charge in [-0.3, -0.25) is 14.8 Å². The van der Waals surface area contributed by atoms with Crippen LogP contribution in [-0.2, 0) is 4.74 Å². The second-order valence-electron chi connectivity index (χ2n) is 8.36. The summed E-state index contributed by atoms with van der Waals surface area (Å²) in [6.07, 6.45) is 2.64. The molecule has 3 rings (SSSR count). The Hall–Kier alpha value is -2.03. The fourth-order valence-electron chi connectivity index (χ4n) is 4.05. The Morgan fingerprint density at radius 3 is 2.45 bits per heavy atom. The Labute approximate surface area is 186 Å². The molecular formula is C23H39N5O3. The van der Waals surface area contributed by atoms with E-state index in [-0.39, 0.29) is 6.04 Å². The van der Waals surface area contributed by atoms with Crippen molar-refractivity contribution in [2.24, 2.45) is 4.99 Å². The van der Waals surface area contributed by atoms with Gasteiger partial charge < -0.3 is 24.8 Å². The van der Waals surface area contributed by atoms with Crippen LogP contribution in [0.4, 0.5) is 0 Å². The third-order valence-electron chi connectivity index (χ3n) is 6.35. The van der Waals surface area contributed by atoms with Crippen LogP contribution in [0.2, 0.25) is 0 Å². The van der Waals surface area contributed by atoms with E-state index >= 15 is 0 Å². The Kier molecular flexibility index (Phi) is 8.80. The van der Waals surface area contributed by atoms with E-state index in [1.54, 1.807) is 14.2 Å². The maximum atomic E-state index is 5.58. The van der Waals surface area contributed by atoms with Crippen molar-refractivity contribution in [3.8, 4) is 11.5 Å². The number of ether oxygens (including phenoxy) is 3. The van der Waals surface area contributed by atoms with E-state index in [2.05, 4.69) is 51.5 Å². The summed E-state index contributed by atoms with van der Waals surface area (Å²) in [5, 5.41) is 7.03. The van der Waals surface area contributed by atoms with Gasteiger partial charge in [0.05, 0.1) is 33.5 Å². The van der Waals surface area contributed by atoms with E-state index in [9.17, 15) is 0 Å². The normalized spacial score (nSPS) is 19.7. The minimum absolute atomic E-state index is 0.175. The van der Waals surface area contributed by atoms with Gasteiger partial charge >= 0.3 is 0 Å². The lowest BCUT2D eigenvalue weighted by Gasteiger charge is -2.35. The number of likely N-dealkylation sites (N-methyl/N-ethyl adjacent to an activating group) is 1. The highest BCUT2D eigenvalue weighted by Crippen LogP contribution is 2.32. The van der Waals surface area contributed by atoms with Crippen molar-refractivity contribution in [2.75, 3.05) is 67.7 Å². The molecule has 1 aliphatic heterocycles. The molecule has 1 saturated heterocycles. The first-order valence-electron chi connectivity index (χ1n) is 11.3. The number of rotatable bonds is 10. The zero-order chi connectivity index (χ0) is 22.2. The quantitative estimate of drug-likeness (QED) is 0.430. The number of benzene rings is 1. The van der Waals surface area contributed by atoms with E-state index in [4.69, 9.17) is 14.2 Å². The van der Waals surface area contributed by atoms with E-state index in [1.165, 1.54) is 18.4 Å². The van der Waals surface area contributed by atoms with Crippen LogP contribution in [-0.4, -0.2) is 95.6 Å². The molecule has 0 radical (unpaired) electrons. The zero-order valence-electron chi connectivity index (χ0n) is 19.7. The number of methoxy groups -OCH3 is 2. The maximum Gasteiger partial charge on any atom is 0.191 e. The monoisotopic (exact) mass is 433 g/mol. The number of guanidine groups is 1. The van der Waals surface area contributed by atoms with Crippen LogP contribution in [0.5, 0.6) is 11.5 Å². The fraction of sp³-hybridized carbons (Fsp3) is 0.696. The smallest absolute Gasteiger partial charge is 0.191 e. The molecule has 2 aliphatic rings. The molecule has 0 amide bonds. The van der Waals surface area contributed by atoms with Crippen molar-refractivity contribution in [2.45, 2.75) is 37.9 Å². The molecule has 2 unspecified atom stereocenters. The molecule has 0 aromatic heterocycles. The highest BCUT2D eigenvalue weighted by molar-refractivity contribution is 5.79. The van der Waals surface area contributed by atoms with Crippen LogP contribution >= 0.6 is 0 Å². The SMILES string of the molecule is CN=C(NCC(c1ccc(OC)c(OC)c1)N1CCOCC1)NCC(C)N(C)C1CC1. The van der Waals surface area contributed by atoms with Crippen LogP contribution in [0.1, 0.15) is 31.4 Å². The molecule has 1 saturated carbocycles. The standard InChI is InChI=1S/C23H39N5O3/c1-17(27(3)19-7-8-19)15-25-23(24-2)26-16-20(28-10-12-31-13-11-28)18-6-9-21(29-4)22(14-18)30-5/h6,9,14,17,19-20H,7-8,10-13,15-16H2,1-5H3,(H2,24,25,26). The number of aliphatic imine (C=N–C) groups is 1. The lowest BCUT2D eigenvalue weighted by molar-refractivity contribution is 0.0169. The van der Waals surface area contributed by atoms with Gasteiger partial charge in [-0.1, -0.05) is 6.07 Å². The molecule has 2 atom stereocenters. The van der Waals surface area contributed by atoms with Crippen LogP contribution in [0.15, 0.2) is 23.2 Å². The Morgan fingerprint density at radius 1 is 1.16 bits per heavy atom. The van der Waals surface area contributed by atoms with Gasteiger partial charge in [-0.15, -0.1) is 0 Å². The summed E-state index contributed by atoms with van der Waals surface area (Å²) in [4.78, 5) is 9.35. The average molecular weight is 434 g/mol. The second kappa shape index (κ2) is 11.5. The summed E-state index contributed by atoms with van der Waals surface area (Å²) in [6, 6.07) is 7.56. The van der Waals surface area contributed by atoms with Gasteiger partial charge in [-0.25, -0.2) is 0 Å². The van der Waals surface area contributed by atoms with Crippen molar-refractivity contribution < 1.29 is 14.2 Å². The molecule has 1 aliphatic carbocycles. The van der Waals surface area contributed by atoms with Crippen molar-refractivity contribution >= 4 is 5.96 Å². The van der Waals surface area contributed by atoms with Gasteiger partial charge in [0.2, 0.25) is 0 Å². The zero-order valence-corrected chi connectivity index (χ0v) is 19.7. The number of hydrogen-bond donors (Lipinski definition) is 2. The summed E-state index contributed by atoms with van der Waals surface area (Å²) < 4.78 is 16.5. The predicted octanol–water partition coefficient (Wildman–Crippen LogP) is 1.72. The van der Waals surface area contributed by atoms with Crippen molar-refractivity contribution in [1.82, 2.24) is 20.4 Å². The van der Waals surface area contributed by atoms with Gasteiger partial charge in [0, 0.05) is 45.3 Å². The van der Waals surface area contributed by atoms with Crippen molar-refractivity contribution in [3.05, 3.63) is 23.8 Å². The van der Waals surface area contributed by atoms with Crippen LogP contribution in [0.3, 0.4) is 0 Å². The first kappa shape index (κ1) is 23.6. The van der Waals surface area contributed by atoms with Gasteiger partial charge in [-0.2, -0.15) is 0 Å². The van der Waals surface area contributed by atoms with Gasteiger partial charge in [0.1, 0.15) is 0 Å². The average Bonchev–Trinajstić information content (AvgIpc) is 3.66. The number of morpholine rings is 1. The summed E-state index contributed by atoms with van der Waals surface area (Å²) in [5.41, 5.74) is 1.18. The molecular weight excluding hydrogens is 394 g/mol. The maximum absolute atomic E-state index is 5.58. The molecule has 2 fully saturated rings. The summed E-state index contributed by atoms with van der Waals surface area (Å²) in [5.74, 6) is 2.32. The third kappa shape index (κ3) is 6.48. The second-order valence-corrected chi connectivity index (χ2v) is 8.36. The van der Waals surface area contributed by atoms with Crippen LogP contribution in [0, 0.1) is 0 Å². The van der Waals surface area contributed by atoms with Crippen LogP contribution < -0.4 is 20.1 Å². The first-order valence-corrected chi connectivity index (χ1v) is 11.3. The number of hydrogen-bond acceptors (Lipinski definition) is 6. The molecule has 0 spiro atoms. The molecule has 1 aromatic carbocycles. The summed E-state index contributed by atoms with van der Waals surface area (Å²) in [6.45, 7) is 7.17. The highest BCUT2D eigenvalue weighted by Gasteiger charge is 2.29. The minimum atomic E-state index is 0.175. The Bertz CT molecular complexity index is 719. The summed E-state index contributed by atoms with van der Waals surface area (Å²) in [7, 11) is 7.38. The number of nitrogens with zero attached hydrogens (tertiary/aromatic N) is 3. The molecule has 31 heavy (non-hydrogen) atoms. The third-order valence-corrected chi connectivity index (χ3v) is 6.35. The highest BCUT2D eigenvalue weighted by atomic mass is 16.5. The summed E-state index contributed by atoms with van der Waals surface area (Å²) >= 11 is 0. The Morgan fingerprint density at radius 2 is 1.84 bits per heavy atom. The predicted molar refractivity (Wildman–Crippen MR) is 124 cm³/mol. The molecule has 8 nitrogen and oxygen atoms in total. The first-order chi connectivity index (χ1) is 15.1. The van der Waals surface area contributed by atoms with E-state index in [0.29, 0.717) is 6.04 Å². The molecule has 2 N–H and O–H groups in total. The largest absolute Gasteiger partial charge is 0.493 e. The molecule has 8 heteroatoms. The Balaban J connectivity index is 1.65. The molecule has 0 bridgehead atoms. The molecule has 174 valence electrons. The lowest BCUT2D eigenvalue weighted by atomic mass is 10.0. The van der Waals surface area contributed by atoms with E-state index in [1.807, 2.05) is 13.1 Å². The van der Waals surface area contributed by atoms with E-state index in [0.717, 1.165) is 62.9 Å². The van der Waals surface area contributed by atoms with Crippen molar-refractivity contribution in [3.63, 3.8) is 0 Å². The fourth-order valence-corrected chi connectivity index (χ4v) is 4.05. The van der Waals surface area contributed by atoms with Gasteiger partial charge in [0.15, 0.2) is 17.5 Å². The molecule has 1 aromatic rings. The minimum Gasteiger partial charge on any atom is -0.493 e. The number of nitrogens with one attached hydrogen (secondary N) is 2. The lowest BCUT2D eigenvalue weighted by Crippen LogP contribution is -2.48. The van der Waals surface area contributed by atoms with E-state index < -0.39 is 0 Å². The molecule has 1 heterocycles. The van der Waals surface area contributed by atoms with Crippen molar-refractivity contribution in [1.29, 1.82) is 0 Å².